The second-order valence-electron chi connectivity index (χ2n) is 1.74. The number of hydroxylamine groups is 1. The zero-order valence-corrected chi connectivity index (χ0v) is 7.18. The fourth-order valence-corrected chi connectivity index (χ4v) is 1.00. The quantitative estimate of drug-likeness (QED) is 0.740. The molecule has 0 bridgehead atoms. The van der Waals surface area contributed by atoms with Crippen molar-refractivity contribution in [3.05, 3.63) is 28.7 Å². The molecule has 0 heterocycles. The minimum absolute atomic E-state index is 0.796. The van der Waals surface area contributed by atoms with Crippen LogP contribution >= 0.6 is 15.9 Å². The Labute approximate surface area is 68.3 Å². The Morgan fingerprint density at radius 2 is 2.10 bits per heavy atom. The lowest BCUT2D eigenvalue weighted by Gasteiger charge is -2.02. The monoisotopic (exact) mass is 201 g/mol. The van der Waals surface area contributed by atoms with Crippen LogP contribution in [0.15, 0.2) is 28.7 Å². The molecule has 2 nitrogen and oxygen atoms in total. The van der Waals surface area contributed by atoms with Crippen molar-refractivity contribution in [1.29, 1.82) is 0 Å². The Kier molecular flexibility index (Phi) is 2.71. The fourth-order valence-electron chi connectivity index (χ4n) is 0.637. The zero-order chi connectivity index (χ0) is 7.40. The molecule has 0 aliphatic rings. The van der Waals surface area contributed by atoms with Crippen LogP contribution in [-0.4, -0.2) is 7.05 Å². The van der Waals surface area contributed by atoms with Crippen LogP contribution in [0.2, 0.25) is 0 Å². The predicted octanol–water partition coefficient (Wildman–Crippen LogP) is 1.96. The molecule has 0 atom stereocenters. The van der Waals surface area contributed by atoms with E-state index in [0.29, 0.717) is 0 Å². The van der Waals surface area contributed by atoms with Gasteiger partial charge in [-0.15, -0.1) is 0 Å². The molecular formula is C7H8BrNO. The van der Waals surface area contributed by atoms with E-state index in [1.807, 2.05) is 24.3 Å². The van der Waals surface area contributed by atoms with Crippen LogP contribution in [0.3, 0.4) is 0 Å². The van der Waals surface area contributed by atoms with Crippen molar-refractivity contribution in [3.63, 3.8) is 0 Å². The average Bonchev–Trinajstić information content (AvgIpc) is 1.94. The maximum absolute atomic E-state index is 5.04. The number of halogens is 1. The van der Waals surface area contributed by atoms with Gasteiger partial charge in [0.15, 0.2) is 5.75 Å². The number of hydrogen-bond donors (Lipinski definition) is 1. The average molecular weight is 202 g/mol. The maximum atomic E-state index is 5.04. The summed E-state index contributed by atoms with van der Waals surface area (Å²) in [5.74, 6) is 0.796. The Balaban J connectivity index is 2.81. The Hall–Kier alpha value is -0.540. The van der Waals surface area contributed by atoms with E-state index in [-0.39, 0.29) is 0 Å². The SMILES string of the molecule is CNOc1ccccc1Br. The van der Waals surface area contributed by atoms with Crippen molar-refractivity contribution < 1.29 is 4.84 Å². The highest BCUT2D eigenvalue weighted by Gasteiger charge is 1.95. The standard InChI is InChI=1S/C7H8BrNO/c1-9-10-7-5-3-2-4-6(7)8/h2-5,9H,1H3. The summed E-state index contributed by atoms with van der Waals surface area (Å²) in [6.45, 7) is 0. The van der Waals surface area contributed by atoms with Gasteiger partial charge in [-0.1, -0.05) is 12.1 Å². The number of benzene rings is 1. The molecule has 0 amide bonds. The minimum atomic E-state index is 0.796. The Bertz CT molecular complexity index is 215. The summed E-state index contributed by atoms with van der Waals surface area (Å²) in [7, 11) is 1.72. The highest BCUT2D eigenvalue weighted by Crippen LogP contribution is 2.22. The topological polar surface area (TPSA) is 21.3 Å². The van der Waals surface area contributed by atoms with Crippen molar-refractivity contribution in [2.45, 2.75) is 0 Å². The molecule has 0 spiro atoms. The molecule has 1 aromatic rings. The van der Waals surface area contributed by atoms with Crippen LogP contribution in [0.1, 0.15) is 0 Å². The molecule has 0 fully saturated rings. The third-order valence-electron chi connectivity index (χ3n) is 1.05. The van der Waals surface area contributed by atoms with E-state index in [2.05, 4.69) is 21.4 Å². The third kappa shape index (κ3) is 1.72. The van der Waals surface area contributed by atoms with Gasteiger partial charge in [0.05, 0.1) is 4.47 Å². The summed E-state index contributed by atoms with van der Waals surface area (Å²) in [5, 5.41) is 0. The number of rotatable bonds is 2. The van der Waals surface area contributed by atoms with Crippen molar-refractivity contribution >= 4 is 15.9 Å². The van der Waals surface area contributed by atoms with Crippen molar-refractivity contribution in [2.75, 3.05) is 7.05 Å². The lowest BCUT2D eigenvalue weighted by atomic mass is 10.3. The van der Waals surface area contributed by atoms with Gasteiger partial charge in [-0.2, -0.15) is 5.48 Å². The van der Waals surface area contributed by atoms with Crippen LogP contribution in [0.4, 0.5) is 0 Å². The first-order valence-electron chi connectivity index (χ1n) is 2.92. The van der Waals surface area contributed by atoms with E-state index in [1.165, 1.54) is 0 Å². The molecular weight excluding hydrogens is 194 g/mol. The van der Waals surface area contributed by atoms with Crippen molar-refractivity contribution in [2.24, 2.45) is 0 Å². The first-order valence-corrected chi connectivity index (χ1v) is 3.72. The first kappa shape index (κ1) is 7.57. The molecule has 0 aromatic heterocycles. The molecule has 0 saturated carbocycles. The number of hydrogen-bond acceptors (Lipinski definition) is 2. The Morgan fingerprint density at radius 3 is 2.70 bits per heavy atom. The van der Waals surface area contributed by atoms with E-state index >= 15 is 0 Å². The lowest BCUT2D eigenvalue weighted by molar-refractivity contribution is 0.222. The summed E-state index contributed by atoms with van der Waals surface area (Å²) >= 11 is 3.33. The maximum Gasteiger partial charge on any atom is 0.161 e. The summed E-state index contributed by atoms with van der Waals surface area (Å²) < 4.78 is 0.948. The van der Waals surface area contributed by atoms with Crippen molar-refractivity contribution in [3.8, 4) is 5.75 Å². The highest BCUT2D eigenvalue weighted by molar-refractivity contribution is 9.10. The van der Waals surface area contributed by atoms with Crippen LogP contribution < -0.4 is 10.3 Å². The first-order chi connectivity index (χ1) is 4.84. The molecule has 1 N–H and O–H groups in total. The fraction of sp³-hybridized carbons (Fsp3) is 0.143. The van der Waals surface area contributed by atoms with E-state index in [9.17, 15) is 0 Å². The molecule has 0 aliphatic carbocycles. The van der Waals surface area contributed by atoms with Crippen LogP contribution in [-0.2, 0) is 0 Å². The molecule has 10 heavy (non-hydrogen) atoms. The van der Waals surface area contributed by atoms with Crippen molar-refractivity contribution in [1.82, 2.24) is 5.48 Å². The van der Waals surface area contributed by atoms with Crippen LogP contribution in [0.5, 0.6) is 5.75 Å². The van der Waals surface area contributed by atoms with Crippen LogP contribution in [0.25, 0.3) is 0 Å². The molecule has 1 aromatic carbocycles. The summed E-state index contributed by atoms with van der Waals surface area (Å²) in [4.78, 5) is 5.04. The Morgan fingerprint density at radius 1 is 1.40 bits per heavy atom. The van der Waals surface area contributed by atoms with E-state index in [1.54, 1.807) is 7.05 Å². The summed E-state index contributed by atoms with van der Waals surface area (Å²) in [5.41, 5.74) is 2.59. The number of nitrogens with one attached hydrogen (secondary N) is 1. The minimum Gasteiger partial charge on any atom is -0.408 e. The van der Waals surface area contributed by atoms with Gasteiger partial charge >= 0.3 is 0 Å². The van der Waals surface area contributed by atoms with Gasteiger partial charge in [0, 0.05) is 7.05 Å². The second kappa shape index (κ2) is 3.58. The molecule has 0 saturated heterocycles. The number of para-hydroxylation sites is 1. The molecule has 0 unspecified atom stereocenters. The molecule has 54 valence electrons. The highest BCUT2D eigenvalue weighted by atomic mass is 79.9. The van der Waals surface area contributed by atoms with Gasteiger partial charge in [0.25, 0.3) is 0 Å². The van der Waals surface area contributed by atoms with E-state index < -0.39 is 0 Å². The largest absolute Gasteiger partial charge is 0.408 e. The van der Waals surface area contributed by atoms with Crippen LogP contribution in [0, 0.1) is 0 Å². The summed E-state index contributed by atoms with van der Waals surface area (Å²) in [6.07, 6.45) is 0. The smallest absolute Gasteiger partial charge is 0.161 e. The normalized spacial score (nSPS) is 9.40. The molecule has 0 radical (unpaired) electrons. The predicted molar refractivity (Wildman–Crippen MR) is 43.8 cm³/mol. The van der Waals surface area contributed by atoms with Gasteiger partial charge in [-0.05, 0) is 28.1 Å². The van der Waals surface area contributed by atoms with Gasteiger partial charge in [-0.3, -0.25) is 0 Å². The lowest BCUT2D eigenvalue weighted by Crippen LogP contribution is -2.10. The van der Waals surface area contributed by atoms with Gasteiger partial charge in [-0.25, -0.2) is 0 Å². The van der Waals surface area contributed by atoms with Gasteiger partial charge in [0.2, 0.25) is 0 Å². The molecule has 0 aliphatic heterocycles. The zero-order valence-electron chi connectivity index (χ0n) is 5.60. The molecule has 3 heteroatoms. The third-order valence-corrected chi connectivity index (χ3v) is 1.70. The second-order valence-corrected chi connectivity index (χ2v) is 2.59. The van der Waals surface area contributed by atoms with Gasteiger partial charge in [0.1, 0.15) is 0 Å². The van der Waals surface area contributed by atoms with E-state index in [0.717, 1.165) is 10.2 Å². The molecule has 1 rings (SSSR count). The van der Waals surface area contributed by atoms with E-state index in [4.69, 9.17) is 4.84 Å². The van der Waals surface area contributed by atoms with Gasteiger partial charge < -0.3 is 4.84 Å². The summed E-state index contributed by atoms with van der Waals surface area (Å²) in [6, 6.07) is 7.65.